The van der Waals surface area contributed by atoms with Gasteiger partial charge in [0.1, 0.15) is 0 Å². The van der Waals surface area contributed by atoms with E-state index < -0.39 is 11.8 Å². The highest BCUT2D eigenvalue weighted by Gasteiger charge is 2.07. The molecule has 0 spiro atoms. The van der Waals surface area contributed by atoms with Crippen LogP contribution in [0.4, 0.5) is 0 Å². The zero-order valence-corrected chi connectivity index (χ0v) is 8.64. The van der Waals surface area contributed by atoms with Crippen LogP contribution in [-0.4, -0.2) is 11.8 Å². The molecule has 1 rings (SSSR count). The van der Waals surface area contributed by atoms with Gasteiger partial charge in [-0.25, -0.2) is 0 Å². The van der Waals surface area contributed by atoms with Gasteiger partial charge in [0.05, 0.1) is 0 Å². The maximum atomic E-state index is 11.0. The standard InChI is InChI=1S/C12H12N2O2/c1-8(12(14)16)10-5-3-2-4-9(10)6-7-11(13)15/h2-7H,1H2,(H2,13,15)(H2,14,16)/b7-6+. The molecule has 2 amide bonds. The van der Waals surface area contributed by atoms with Crippen LogP contribution in [0.25, 0.3) is 11.6 Å². The maximum absolute atomic E-state index is 11.0. The molecule has 0 atom stereocenters. The summed E-state index contributed by atoms with van der Waals surface area (Å²) in [6.45, 7) is 3.59. The van der Waals surface area contributed by atoms with Crippen LogP contribution >= 0.6 is 0 Å². The van der Waals surface area contributed by atoms with E-state index in [-0.39, 0.29) is 5.57 Å². The van der Waals surface area contributed by atoms with Gasteiger partial charge in [-0.05, 0) is 17.2 Å². The molecular weight excluding hydrogens is 204 g/mol. The molecule has 0 aromatic heterocycles. The van der Waals surface area contributed by atoms with Crippen molar-refractivity contribution in [3.8, 4) is 0 Å². The second kappa shape index (κ2) is 4.93. The van der Waals surface area contributed by atoms with Crippen LogP contribution in [0.1, 0.15) is 11.1 Å². The van der Waals surface area contributed by atoms with Crippen molar-refractivity contribution in [2.45, 2.75) is 0 Å². The molecule has 0 heterocycles. The van der Waals surface area contributed by atoms with E-state index in [2.05, 4.69) is 6.58 Å². The molecule has 0 saturated heterocycles. The minimum atomic E-state index is -0.597. The second-order valence-electron chi connectivity index (χ2n) is 3.17. The molecule has 0 aliphatic carbocycles. The van der Waals surface area contributed by atoms with Crippen molar-refractivity contribution in [2.75, 3.05) is 0 Å². The molecule has 0 radical (unpaired) electrons. The zero-order valence-electron chi connectivity index (χ0n) is 8.64. The van der Waals surface area contributed by atoms with Crippen LogP contribution in [0.2, 0.25) is 0 Å². The molecule has 16 heavy (non-hydrogen) atoms. The molecule has 0 saturated carbocycles. The fraction of sp³-hybridized carbons (Fsp3) is 0. The highest BCUT2D eigenvalue weighted by molar-refractivity contribution is 6.18. The normalized spacial score (nSPS) is 10.2. The molecule has 82 valence electrons. The van der Waals surface area contributed by atoms with Crippen molar-refractivity contribution < 1.29 is 9.59 Å². The van der Waals surface area contributed by atoms with E-state index in [4.69, 9.17) is 11.5 Å². The van der Waals surface area contributed by atoms with Gasteiger partial charge in [-0.15, -0.1) is 0 Å². The number of nitrogens with two attached hydrogens (primary N) is 2. The van der Waals surface area contributed by atoms with Crippen molar-refractivity contribution in [2.24, 2.45) is 11.5 Å². The van der Waals surface area contributed by atoms with Gasteiger partial charge in [-0.1, -0.05) is 30.8 Å². The Morgan fingerprint density at radius 3 is 2.38 bits per heavy atom. The summed E-state index contributed by atoms with van der Waals surface area (Å²) >= 11 is 0. The lowest BCUT2D eigenvalue weighted by Gasteiger charge is -2.05. The molecule has 0 unspecified atom stereocenters. The quantitative estimate of drug-likeness (QED) is 0.725. The molecule has 4 heteroatoms. The number of hydrogen-bond acceptors (Lipinski definition) is 2. The van der Waals surface area contributed by atoms with E-state index in [9.17, 15) is 9.59 Å². The van der Waals surface area contributed by atoms with Gasteiger partial charge in [0.15, 0.2) is 0 Å². The molecular formula is C12H12N2O2. The number of rotatable bonds is 4. The predicted octanol–water partition coefficient (Wildman–Crippen LogP) is 0.684. The third-order valence-corrected chi connectivity index (χ3v) is 2.01. The monoisotopic (exact) mass is 216 g/mol. The molecule has 1 aromatic carbocycles. The molecule has 0 aliphatic heterocycles. The molecule has 4 N–H and O–H groups in total. The summed E-state index contributed by atoms with van der Waals surface area (Å²) in [5, 5.41) is 0. The minimum Gasteiger partial charge on any atom is -0.366 e. The highest BCUT2D eigenvalue weighted by atomic mass is 16.1. The van der Waals surface area contributed by atoms with Crippen molar-refractivity contribution in [3.63, 3.8) is 0 Å². The Labute approximate surface area is 93.2 Å². The van der Waals surface area contributed by atoms with Crippen molar-refractivity contribution in [1.29, 1.82) is 0 Å². The first-order valence-electron chi connectivity index (χ1n) is 4.58. The van der Waals surface area contributed by atoms with Crippen LogP contribution in [0, 0.1) is 0 Å². The van der Waals surface area contributed by atoms with Gasteiger partial charge < -0.3 is 11.5 Å². The number of primary amides is 2. The Bertz CT molecular complexity index is 476. The molecule has 0 aliphatic rings. The van der Waals surface area contributed by atoms with Gasteiger partial charge >= 0.3 is 0 Å². The van der Waals surface area contributed by atoms with E-state index in [1.807, 2.05) is 0 Å². The molecule has 0 bridgehead atoms. The van der Waals surface area contributed by atoms with Gasteiger partial charge in [0, 0.05) is 11.6 Å². The Kier molecular flexibility index (Phi) is 3.61. The van der Waals surface area contributed by atoms with E-state index in [1.54, 1.807) is 24.3 Å². The summed E-state index contributed by atoms with van der Waals surface area (Å²) in [4.78, 5) is 21.6. The SMILES string of the molecule is C=C(C(N)=O)c1ccccc1/C=C/C(N)=O. The topological polar surface area (TPSA) is 86.2 Å². The lowest BCUT2D eigenvalue weighted by Crippen LogP contribution is -2.12. The van der Waals surface area contributed by atoms with Gasteiger partial charge in [-0.3, -0.25) is 9.59 Å². The van der Waals surface area contributed by atoms with Crippen molar-refractivity contribution in [1.82, 2.24) is 0 Å². The van der Waals surface area contributed by atoms with Crippen molar-refractivity contribution in [3.05, 3.63) is 48.0 Å². The van der Waals surface area contributed by atoms with Gasteiger partial charge in [0.25, 0.3) is 0 Å². The van der Waals surface area contributed by atoms with Crippen molar-refractivity contribution >= 4 is 23.5 Å². The third-order valence-electron chi connectivity index (χ3n) is 2.01. The smallest absolute Gasteiger partial charge is 0.248 e. The first-order chi connectivity index (χ1) is 7.52. The number of benzene rings is 1. The van der Waals surface area contributed by atoms with Crippen LogP contribution in [0.3, 0.4) is 0 Å². The fourth-order valence-corrected chi connectivity index (χ4v) is 1.22. The Morgan fingerprint density at radius 2 is 1.81 bits per heavy atom. The number of hydrogen-bond donors (Lipinski definition) is 2. The summed E-state index contributed by atoms with van der Waals surface area (Å²) in [5.74, 6) is -1.15. The lowest BCUT2D eigenvalue weighted by molar-refractivity contribution is -0.114. The maximum Gasteiger partial charge on any atom is 0.248 e. The number of amides is 2. The second-order valence-corrected chi connectivity index (χ2v) is 3.17. The number of carbonyl (C=O) groups is 2. The summed E-state index contributed by atoms with van der Waals surface area (Å²) in [5.41, 5.74) is 11.6. The third kappa shape index (κ3) is 2.81. The summed E-state index contributed by atoms with van der Waals surface area (Å²) in [6, 6.07) is 6.97. The largest absolute Gasteiger partial charge is 0.366 e. The molecule has 4 nitrogen and oxygen atoms in total. The Balaban J connectivity index is 3.15. The summed E-state index contributed by atoms with van der Waals surface area (Å²) in [7, 11) is 0. The van der Waals surface area contributed by atoms with Crippen LogP contribution < -0.4 is 11.5 Å². The first kappa shape index (κ1) is 11.7. The van der Waals surface area contributed by atoms with Gasteiger partial charge in [0.2, 0.25) is 11.8 Å². The highest BCUT2D eigenvalue weighted by Crippen LogP contribution is 2.18. The van der Waals surface area contributed by atoms with Gasteiger partial charge in [-0.2, -0.15) is 0 Å². The average molecular weight is 216 g/mol. The Hall–Kier alpha value is -2.36. The fourth-order valence-electron chi connectivity index (χ4n) is 1.22. The Morgan fingerprint density at radius 1 is 1.19 bits per heavy atom. The van der Waals surface area contributed by atoms with Crippen LogP contribution in [0.15, 0.2) is 36.9 Å². The minimum absolute atomic E-state index is 0.199. The van der Waals surface area contributed by atoms with E-state index in [0.717, 1.165) is 0 Å². The average Bonchev–Trinajstić information content (AvgIpc) is 2.25. The first-order valence-corrected chi connectivity index (χ1v) is 4.58. The summed E-state index contributed by atoms with van der Waals surface area (Å²) < 4.78 is 0. The van der Waals surface area contributed by atoms with E-state index in [1.165, 1.54) is 12.2 Å². The predicted molar refractivity (Wildman–Crippen MR) is 62.9 cm³/mol. The summed E-state index contributed by atoms with van der Waals surface area (Å²) in [6.07, 6.45) is 2.74. The van der Waals surface area contributed by atoms with Crippen LogP contribution in [-0.2, 0) is 9.59 Å². The molecule has 0 fully saturated rings. The van der Waals surface area contributed by atoms with E-state index >= 15 is 0 Å². The van der Waals surface area contributed by atoms with Crippen LogP contribution in [0.5, 0.6) is 0 Å². The number of carbonyl (C=O) groups excluding carboxylic acids is 2. The molecule has 1 aromatic rings. The van der Waals surface area contributed by atoms with E-state index in [0.29, 0.717) is 11.1 Å². The zero-order chi connectivity index (χ0) is 12.1. The lowest BCUT2D eigenvalue weighted by atomic mass is 10.00.